The highest BCUT2D eigenvalue weighted by molar-refractivity contribution is 5.97. The molecule has 120 valence electrons. The van der Waals surface area contributed by atoms with Gasteiger partial charge in [-0.05, 0) is 43.1 Å². The summed E-state index contributed by atoms with van der Waals surface area (Å²) >= 11 is 0. The van der Waals surface area contributed by atoms with Gasteiger partial charge in [0.15, 0.2) is 0 Å². The Hall–Kier alpha value is -1.95. The van der Waals surface area contributed by atoms with E-state index in [0.717, 1.165) is 19.5 Å². The van der Waals surface area contributed by atoms with Crippen LogP contribution in [0.25, 0.3) is 0 Å². The zero-order valence-corrected chi connectivity index (χ0v) is 12.9. The van der Waals surface area contributed by atoms with Gasteiger partial charge < -0.3 is 16.0 Å². The van der Waals surface area contributed by atoms with Crippen LogP contribution in [-0.4, -0.2) is 37.0 Å². The summed E-state index contributed by atoms with van der Waals surface area (Å²) in [5.74, 6) is -1.00. The van der Waals surface area contributed by atoms with Crippen LogP contribution in [0.2, 0.25) is 0 Å². The fraction of sp³-hybridized carbons (Fsp3) is 0.500. The smallest absolute Gasteiger partial charge is 0.251 e. The Balaban J connectivity index is 1.99. The number of hydrogen-bond donors (Lipinski definition) is 3. The molecule has 1 aromatic carbocycles. The van der Waals surface area contributed by atoms with Gasteiger partial charge in [0.1, 0.15) is 11.9 Å². The van der Waals surface area contributed by atoms with E-state index in [-0.39, 0.29) is 23.8 Å². The second-order valence-corrected chi connectivity index (χ2v) is 5.90. The van der Waals surface area contributed by atoms with Crippen LogP contribution < -0.4 is 16.0 Å². The molecule has 0 radical (unpaired) electrons. The lowest BCUT2D eigenvalue weighted by molar-refractivity contribution is -0.124. The molecule has 5 nitrogen and oxygen atoms in total. The van der Waals surface area contributed by atoms with E-state index in [0.29, 0.717) is 5.56 Å². The number of carbonyl (C=O) groups is 2. The van der Waals surface area contributed by atoms with E-state index in [9.17, 15) is 14.0 Å². The average Bonchev–Trinajstić information content (AvgIpc) is 2.97. The van der Waals surface area contributed by atoms with E-state index in [2.05, 4.69) is 16.0 Å². The fourth-order valence-electron chi connectivity index (χ4n) is 2.43. The van der Waals surface area contributed by atoms with Crippen LogP contribution >= 0.6 is 0 Å². The molecule has 0 saturated carbocycles. The largest absolute Gasteiger partial charge is 0.350 e. The number of carbonyl (C=O) groups excluding carboxylic acids is 2. The van der Waals surface area contributed by atoms with Gasteiger partial charge >= 0.3 is 0 Å². The lowest BCUT2D eigenvalue weighted by Crippen LogP contribution is -2.52. The van der Waals surface area contributed by atoms with Gasteiger partial charge in [0.05, 0.1) is 0 Å². The normalized spacial score (nSPS) is 19.0. The van der Waals surface area contributed by atoms with E-state index < -0.39 is 11.9 Å². The van der Waals surface area contributed by atoms with E-state index in [1.54, 1.807) is 0 Å². The van der Waals surface area contributed by atoms with E-state index >= 15 is 0 Å². The summed E-state index contributed by atoms with van der Waals surface area (Å²) in [7, 11) is 0. The minimum Gasteiger partial charge on any atom is -0.350 e. The van der Waals surface area contributed by atoms with Crippen LogP contribution in [0, 0.1) is 11.7 Å². The fourth-order valence-corrected chi connectivity index (χ4v) is 2.43. The monoisotopic (exact) mass is 307 g/mol. The van der Waals surface area contributed by atoms with Gasteiger partial charge in [-0.2, -0.15) is 0 Å². The Morgan fingerprint density at radius 2 is 1.95 bits per heavy atom. The number of benzene rings is 1. The molecule has 1 aliphatic heterocycles. The maximum atomic E-state index is 12.9. The molecular formula is C16H22FN3O2. The van der Waals surface area contributed by atoms with Crippen molar-refractivity contribution in [3.63, 3.8) is 0 Å². The molecule has 0 spiro atoms. The predicted octanol–water partition coefficient (Wildman–Crippen LogP) is 1.06. The molecule has 1 aliphatic rings. The Bertz CT molecular complexity index is 525. The van der Waals surface area contributed by atoms with Gasteiger partial charge in [-0.1, -0.05) is 13.8 Å². The molecule has 1 aromatic rings. The zero-order chi connectivity index (χ0) is 16.1. The van der Waals surface area contributed by atoms with Gasteiger partial charge in [0.2, 0.25) is 5.91 Å². The Labute approximate surface area is 129 Å². The molecule has 2 atom stereocenters. The van der Waals surface area contributed by atoms with Crippen molar-refractivity contribution in [2.75, 3.05) is 13.1 Å². The molecule has 6 heteroatoms. The van der Waals surface area contributed by atoms with E-state index in [4.69, 9.17) is 0 Å². The standard InChI is InChI=1S/C16H22FN3O2/c1-10(2)14(16(22)19-13-7-8-18-9-13)20-15(21)11-3-5-12(17)6-4-11/h3-6,10,13-14,18H,7-9H2,1-2H3,(H,19,22)(H,20,21). The molecule has 0 aromatic heterocycles. The molecule has 1 saturated heterocycles. The van der Waals surface area contributed by atoms with Crippen molar-refractivity contribution in [2.24, 2.45) is 5.92 Å². The molecular weight excluding hydrogens is 285 g/mol. The highest BCUT2D eigenvalue weighted by Crippen LogP contribution is 2.08. The third-order valence-corrected chi connectivity index (χ3v) is 3.75. The third kappa shape index (κ3) is 4.27. The maximum Gasteiger partial charge on any atom is 0.251 e. The summed E-state index contributed by atoms with van der Waals surface area (Å²) in [6.45, 7) is 5.39. The zero-order valence-electron chi connectivity index (χ0n) is 12.9. The van der Waals surface area contributed by atoms with E-state index in [1.807, 2.05) is 13.8 Å². The SMILES string of the molecule is CC(C)C(NC(=O)c1ccc(F)cc1)C(=O)NC1CCNC1. The van der Waals surface area contributed by atoms with Crippen LogP contribution in [0.5, 0.6) is 0 Å². The van der Waals surface area contributed by atoms with Crippen LogP contribution in [0.15, 0.2) is 24.3 Å². The van der Waals surface area contributed by atoms with Gasteiger partial charge in [-0.25, -0.2) is 4.39 Å². The second-order valence-electron chi connectivity index (χ2n) is 5.90. The molecule has 0 bridgehead atoms. The minimum absolute atomic E-state index is 0.0428. The first-order valence-corrected chi connectivity index (χ1v) is 7.55. The molecule has 1 fully saturated rings. The summed E-state index contributed by atoms with van der Waals surface area (Å²) in [5.41, 5.74) is 0.336. The van der Waals surface area contributed by atoms with Gasteiger partial charge in [-0.15, -0.1) is 0 Å². The third-order valence-electron chi connectivity index (χ3n) is 3.75. The summed E-state index contributed by atoms with van der Waals surface area (Å²) < 4.78 is 12.9. The van der Waals surface area contributed by atoms with Crippen LogP contribution in [0.1, 0.15) is 30.6 Å². The Morgan fingerprint density at radius 3 is 2.50 bits per heavy atom. The van der Waals surface area contributed by atoms with Crippen LogP contribution in [0.3, 0.4) is 0 Å². The molecule has 3 N–H and O–H groups in total. The molecule has 22 heavy (non-hydrogen) atoms. The first-order valence-electron chi connectivity index (χ1n) is 7.55. The van der Waals surface area contributed by atoms with E-state index in [1.165, 1.54) is 24.3 Å². The average molecular weight is 307 g/mol. The van der Waals surface area contributed by atoms with Crippen molar-refractivity contribution in [1.82, 2.24) is 16.0 Å². The van der Waals surface area contributed by atoms with Crippen molar-refractivity contribution in [1.29, 1.82) is 0 Å². The van der Waals surface area contributed by atoms with Crippen LogP contribution in [-0.2, 0) is 4.79 Å². The highest BCUT2D eigenvalue weighted by Gasteiger charge is 2.27. The molecule has 0 aliphatic carbocycles. The van der Waals surface area contributed by atoms with Gasteiger partial charge in [0, 0.05) is 18.2 Å². The van der Waals surface area contributed by atoms with Crippen molar-refractivity contribution >= 4 is 11.8 Å². The van der Waals surface area contributed by atoms with Crippen molar-refractivity contribution in [3.05, 3.63) is 35.6 Å². The van der Waals surface area contributed by atoms with Crippen molar-refractivity contribution in [3.8, 4) is 0 Å². The lowest BCUT2D eigenvalue weighted by atomic mass is 10.0. The molecule has 2 unspecified atom stereocenters. The topological polar surface area (TPSA) is 70.2 Å². The summed E-state index contributed by atoms with van der Waals surface area (Å²) in [5, 5.41) is 8.86. The van der Waals surface area contributed by atoms with Crippen LogP contribution in [0.4, 0.5) is 4.39 Å². The Morgan fingerprint density at radius 1 is 1.27 bits per heavy atom. The predicted molar refractivity (Wildman–Crippen MR) is 81.9 cm³/mol. The summed E-state index contributed by atoms with van der Waals surface area (Å²) in [4.78, 5) is 24.5. The number of nitrogens with one attached hydrogen (secondary N) is 3. The number of rotatable bonds is 5. The number of halogens is 1. The first kappa shape index (κ1) is 16.4. The van der Waals surface area contributed by atoms with Gasteiger partial charge in [0.25, 0.3) is 5.91 Å². The number of hydrogen-bond acceptors (Lipinski definition) is 3. The van der Waals surface area contributed by atoms with Gasteiger partial charge in [-0.3, -0.25) is 9.59 Å². The second kappa shape index (κ2) is 7.35. The Kier molecular flexibility index (Phi) is 5.49. The summed E-state index contributed by atoms with van der Waals surface area (Å²) in [6, 6.07) is 4.75. The lowest BCUT2D eigenvalue weighted by Gasteiger charge is -2.23. The molecule has 1 heterocycles. The minimum atomic E-state index is -0.613. The number of amides is 2. The first-order chi connectivity index (χ1) is 10.5. The van der Waals surface area contributed by atoms with Crippen molar-refractivity contribution < 1.29 is 14.0 Å². The summed E-state index contributed by atoms with van der Waals surface area (Å²) in [6.07, 6.45) is 0.891. The molecule has 2 amide bonds. The molecule has 2 rings (SSSR count). The highest BCUT2D eigenvalue weighted by atomic mass is 19.1. The quantitative estimate of drug-likeness (QED) is 0.762. The maximum absolute atomic E-state index is 12.9. The van der Waals surface area contributed by atoms with Crippen molar-refractivity contribution in [2.45, 2.75) is 32.4 Å².